The van der Waals surface area contributed by atoms with Gasteiger partial charge in [-0.25, -0.2) is 9.97 Å². The van der Waals surface area contributed by atoms with Gasteiger partial charge < -0.3 is 24.2 Å². The number of anilines is 2. The summed E-state index contributed by atoms with van der Waals surface area (Å²) in [5.41, 5.74) is 1.99. The van der Waals surface area contributed by atoms with E-state index in [2.05, 4.69) is 21.0 Å². The lowest BCUT2D eigenvalue weighted by Crippen LogP contribution is -2.49. The van der Waals surface area contributed by atoms with Crippen molar-refractivity contribution in [3.05, 3.63) is 41.9 Å². The number of nitrogens with zero attached hydrogens (tertiary/aromatic N) is 7. The molecule has 10 nitrogen and oxygen atoms in total. The van der Waals surface area contributed by atoms with Gasteiger partial charge in [0.1, 0.15) is 34.7 Å². The van der Waals surface area contributed by atoms with Gasteiger partial charge in [-0.15, -0.1) is 0 Å². The Morgan fingerprint density at radius 1 is 0.838 bits per heavy atom. The number of hydrogen-bond acceptors (Lipinski definition) is 8. The molecule has 2 aliphatic heterocycles. The topological polar surface area (TPSA) is 88.9 Å². The molecule has 0 radical (unpaired) electrons. The molecule has 3 aromatic rings. The Morgan fingerprint density at radius 3 is 2.16 bits per heavy atom. The number of piperidine rings is 1. The van der Waals surface area contributed by atoms with Gasteiger partial charge in [-0.1, -0.05) is 0 Å². The fourth-order valence-corrected chi connectivity index (χ4v) is 5.10. The van der Waals surface area contributed by atoms with Gasteiger partial charge in [0, 0.05) is 57.9 Å². The molecule has 0 spiro atoms. The monoisotopic (exact) mass is 505 g/mol. The molecule has 4 heterocycles. The maximum atomic E-state index is 13.5. The number of carbonyl (C=O) groups excluding carboxylic acids is 1. The van der Waals surface area contributed by atoms with E-state index >= 15 is 0 Å². The van der Waals surface area contributed by atoms with Crippen molar-refractivity contribution in [2.45, 2.75) is 26.2 Å². The number of hydrogen-bond donors (Lipinski definition) is 0. The molecule has 1 aromatic carbocycles. The van der Waals surface area contributed by atoms with E-state index in [0.717, 1.165) is 49.2 Å². The molecule has 0 unspecified atom stereocenters. The van der Waals surface area contributed by atoms with Gasteiger partial charge in [-0.3, -0.25) is 9.48 Å². The van der Waals surface area contributed by atoms with E-state index < -0.39 is 0 Å². The summed E-state index contributed by atoms with van der Waals surface area (Å²) in [6.07, 6.45) is 3.70. The van der Waals surface area contributed by atoms with Crippen LogP contribution in [0.3, 0.4) is 0 Å². The Hall–Kier alpha value is -3.82. The highest BCUT2D eigenvalue weighted by Gasteiger charge is 2.27. The molecule has 0 aliphatic carbocycles. The zero-order valence-corrected chi connectivity index (χ0v) is 22.1. The van der Waals surface area contributed by atoms with Gasteiger partial charge in [-0.05, 0) is 50.5 Å². The van der Waals surface area contributed by atoms with E-state index in [9.17, 15) is 4.79 Å². The van der Waals surface area contributed by atoms with E-state index in [0.29, 0.717) is 36.0 Å². The van der Waals surface area contributed by atoms with Crippen LogP contribution in [0.5, 0.6) is 11.5 Å². The molecule has 0 bridgehead atoms. The summed E-state index contributed by atoms with van der Waals surface area (Å²) in [7, 11) is 5.04. The maximum absolute atomic E-state index is 13.5. The summed E-state index contributed by atoms with van der Waals surface area (Å²) in [4.78, 5) is 29.4. The molecule has 0 atom stereocenters. The van der Waals surface area contributed by atoms with Gasteiger partial charge >= 0.3 is 0 Å². The molecule has 2 fully saturated rings. The average Bonchev–Trinajstić information content (AvgIpc) is 3.33. The third-order valence-corrected chi connectivity index (χ3v) is 7.16. The zero-order valence-electron chi connectivity index (χ0n) is 22.1. The van der Waals surface area contributed by atoms with Crippen LogP contribution in [0.1, 0.15) is 35.6 Å². The first-order valence-electron chi connectivity index (χ1n) is 12.9. The Labute approximate surface area is 217 Å². The highest BCUT2D eigenvalue weighted by Crippen LogP contribution is 2.33. The second-order valence-electron chi connectivity index (χ2n) is 9.56. The number of rotatable bonds is 6. The first kappa shape index (κ1) is 24.9. The van der Waals surface area contributed by atoms with Crippen LogP contribution in [-0.4, -0.2) is 84.0 Å². The molecule has 2 aromatic heterocycles. The highest BCUT2D eigenvalue weighted by molar-refractivity contribution is 5.94. The summed E-state index contributed by atoms with van der Waals surface area (Å²) < 4.78 is 12.5. The fraction of sp³-hybridized carbons (Fsp3) is 0.481. The van der Waals surface area contributed by atoms with Gasteiger partial charge in [-0.2, -0.15) is 5.10 Å². The second-order valence-corrected chi connectivity index (χ2v) is 9.56. The third-order valence-electron chi connectivity index (χ3n) is 7.16. The van der Waals surface area contributed by atoms with Crippen molar-refractivity contribution < 1.29 is 14.3 Å². The number of aromatic nitrogens is 4. The van der Waals surface area contributed by atoms with Gasteiger partial charge in [0.15, 0.2) is 0 Å². The molecule has 37 heavy (non-hydrogen) atoms. The molecule has 1 amide bonds. The van der Waals surface area contributed by atoms with Crippen LogP contribution in [0.25, 0.3) is 11.3 Å². The van der Waals surface area contributed by atoms with Crippen molar-refractivity contribution in [3.8, 4) is 22.8 Å². The minimum Gasteiger partial charge on any atom is -0.497 e. The standard InChI is InChI=1S/C27H35N7O3/c1-19-28-25(32-10-6-5-7-11-32)18-26(29-19)33-12-14-34(15-13-33)27(35)23-17-22(30-31(23)2)21-16-20(36-3)8-9-24(21)37-4/h8-9,16-18H,5-7,10-15H2,1-4H3. The first-order chi connectivity index (χ1) is 18.0. The maximum Gasteiger partial charge on any atom is 0.272 e. The minimum atomic E-state index is -0.0318. The van der Waals surface area contributed by atoms with E-state index in [1.54, 1.807) is 25.9 Å². The Morgan fingerprint density at radius 2 is 1.51 bits per heavy atom. The molecular weight excluding hydrogens is 470 g/mol. The van der Waals surface area contributed by atoms with E-state index in [1.807, 2.05) is 36.1 Å². The van der Waals surface area contributed by atoms with Crippen molar-refractivity contribution >= 4 is 17.5 Å². The van der Waals surface area contributed by atoms with Crippen molar-refractivity contribution in [2.75, 3.05) is 63.3 Å². The van der Waals surface area contributed by atoms with Crippen LogP contribution < -0.4 is 19.3 Å². The summed E-state index contributed by atoms with van der Waals surface area (Å²) in [6.45, 7) is 6.72. The molecular formula is C27H35N7O3. The SMILES string of the molecule is COc1ccc(OC)c(-c2cc(C(=O)N3CCN(c4cc(N5CCCCC5)nc(C)n4)CC3)n(C)n2)c1. The molecule has 0 saturated carbocycles. The van der Waals surface area contributed by atoms with Crippen LogP contribution in [0.15, 0.2) is 30.3 Å². The molecule has 2 aliphatic rings. The lowest BCUT2D eigenvalue weighted by molar-refractivity contribution is 0.0735. The number of carbonyl (C=O) groups is 1. The number of methoxy groups -OCH3 is 2. The summed E-state index contributed by atoms with van der Waals surface area (Å²) in [6, 6.07) is 9.48. The molecule has 0 N–H and O–H groups in total. The molecule has 10 heteroatoms. The lowest BCUT2D eigenvalue weighted by Gasteiger charge is -2.36. The zero-order chi connectivity index (χ0) is 25.9. The lowest BCUT2D eigenvalue weighted by atomic mass is 10.1. The first-order valence-corrected chi connectivity index (χ1v) is 12.9. The molecule has 2 saturated heterocycles. The van der Waals surface area contributed by atoms with Gasteiger partial charge in [0.05, 0.1) is 19.9 Å². The number of aryl methyl sites for hydroxylation is 2. The van der Waals surface area contributed by atoms with Crippen LogP contribution in [0, 0.1) is 6.92 Å². The highest BCUT2D eigenvalue weighted by atomic mass is 16.5. The number of ether oxygens (including phenoxy) is 2. The number of benzene rings is 1. The van der Waals surface area contributed by atoms with Crippen molar-refractivity contribution in [3.63, 3.8) is 0 Å². The smallest absolute Gasteiger partial charge is 0.272 e. The predicted octanol–water partition coefficient (Wildman–Crippen LogP) is 3.16. The molecule has 196 valence electrons. The van der Waals surface area contributed by atoms with E-state index in [1.165, 1.54) is 19.3 Å². The summed E-state index contributed by atoms with van der Waals surface area (Å²) in [5.74, 6) is 4.08. The molecule has 5 rings (SSSR count). The van der Waals surface area contributed by atoms with Crippen molar-refractivity contribution in [2.24, 2.45) is 7.05 Å². The number of amides is 1. The minimum absolute atomic E-state index is 0.0318. The summed E-state index contributed by atoms with van der Waals surface area (Å²) in [5, 5.41) is 4.61. The fourth-order valence-electron chi connectivity index (χ4n) is 5.10. The van der Waals surface area contributed by atoms with Gasteiger partial charge in [0.2, 0.25) is 0 Å². The van der Waals surface area contributed by atoms with Crippen LogP contribution in [0.4, 0.5) is 11.6 Å². The van der Waals surface area contributed by atoms with Crippen LogP contribution in [-0.2, 0) is 7.05 Å². The van der Waals surface area contributed by atoms with Crippen LogP contribution in [0.2, 0.25) is 0 Å². The normalized spacial score (nSPS) is 16.2. The largest absolute Gasteiger partial charge is 0.497 e. The predicted molar refractivity (Wildman–Crippen MR) is 143 cm³/mol. The van der Waals surface area contributed by atoms with E-state index in [4.69, 9.17) is 19.4 Å². The van der Waals surface area contributed by atoms with E-state index in [-0.39, 0.29) is 5.91 Å². The third kappa shape index (κ3) is 5.19. The van der Waals surface area contributed by atoms with Crippen LogP contribution >= 0.6 is 0 Å². The Balaban J connectivity index is 1.29. The quantitative estimate of drug-likeness (QED) is 0.505. The summed E-state index contributed by atoms with van der Waals surface area (Å²) >= 11 is 0. The Bertz CT molecular complexity index is 1260. The average molecular weight is 506 g/mol. The Kier molecular flexibility index (Phi) is 7.16. The second kappa shape index (κ2) is 10.7. The van der Waals surface area contributed by atoms with Crippen molar-refractivity contribution in [1.82, 2.24) is 24.6 Å². The van der Waals surface area contributed by atoms with Gasteiger partial charge in [0.25, 0.3) is 5.91 Å². The number of piperazine rings is 1. The van der Waals surface area contributed by atoms with Crippen molar-refractivity contribution in [1.29, 1.82) is 0 Å².